The van der Waals surface area contributed by atoms with Gasteiger partial charge in [0.1, 0.15) is 11.9 Å². The maximum atomic E-state index is 7.03. The topological polar surface area (TPSA) is 59.1 Å². The van der Waals surface area contributed by atoms with Crippen LogP contribution in [0.15, 0.2) is 0 Å². The zero-order valence-electron chi connectivity index (χ0n) is 7.06. The van der Waals surface area contributed by atoms with Gasteiger partial charge in [-0.2, -0.15) is 0 Å². The Morgan fingerprint density at radius 3 is 2.00 bits per heavy atom. The molecule has 0 radical (unpaired) electrons. The summed E-state index contributed by atoms with van der Waals surface area (Å²) in [6, 6.07) is 0. The van der Waals surface area contributed by atoms with Crippen molar-refractivity contribution in [3.8, 4) is 0 Å². The van der Waals surface area contributed by atoms with Gasteiger partial charge < -0.3 is 10.5 Å². The highest BCUT2D eigenvalue weighted by Gasteiger charge is 2.16. The minimum absolute atomic E-state index is 0.0786. The SMILES string of the molecule is CC(OC(C)(C)C)C(=N)N. The van der Waals surface area contributed by atoms with Crippen LogP contribution in [0.1, 0.15) is 27.7 Å². The van der Waals surface area contributed by atoms with E-state index in [1.54, 1.807) is 6.92 Å². The fourth-order valence-electron chi connectivity index (χ4n) is 0.594. The van der Waals surface area contributed by atoms with Crippen LogP contribution >= 0.6 is 0 Å². The van der Waals surface area contributed by atoms with Crippen LogP contribution in [0.5, 0.6) is 0 Å². The summed E-state index contributed by atoms with van der Waals surface area (Å²) in [7, 11) is 0. The van der Waals surface area contributed by atoms with E-state index in [9.17, 15) is 0 Å². The van der Waals surface area contributed by atoms with Gasteiger partial charge in [0.25, 0.3) is 0 Å². The van der Waals surface area contributed by atoms with Gasteiger partial charge in [-0.1, -0.05) is 0 Å². The molecular formula is C7H16N2O. The van der Waals surface area contributed by atoms with E-state index in [0.29, 0.717) is 0 Å². The first kappa shape index (κ1) is 9.43. The van der Waals surface area contributed by atoms with Crippen LogP contribution in [-0.2, 0) is 4.74 Å². The molecule has 3 N–H and O–H groups in total. The molecule has 0 bridgehead atoms. The Balaban J connectivity index is 3.80. The van der Waals surface area contributed by atoms with Gasteiger partial charge in [0.2, 0.25) is 0 Å². The van der Waals surface area contributed by atoms with Crippen molar-refractivity contribution in [2.24, 2.45) is 5.73 Å². The molecule has 1 atom stereocenters. The quantitative estimate of drug-likeness (QED) is 0.451. The Morgan fingerprint density at radius 2 is 1.90 bits per heavy atom. The van der Waals surface area contributed by atoms with Gasteiger partial charge in [-0.3, -0.25) is 5.41 Å². The van der Waals surface area contributed by atoms with Gasteiger partial charge in [0, 0.05) is 0 Å². The largest absolute Gasteiger partial charge is 0.385 e. The van der Waals surface area contributed by atoms with Crippen molar-refractivity contribution in [1.82, 2.24) is 0 Å². The van der Waals surface area contributed by atoms with E-state index in [-0.39, 0.29) is 17.5 Å². The van der Waals surface area contributed by atoms with E-state index in [1.165, 1.54) is 0 Å². The molecule has 0 aromatic rings. The third-order valence-corrected chi connectivity index (χ3v) is 0.968. The van der Waals surface area contributed by atoms with Crippen molar-refractivity contribution in [3.05, 3.63) is 0 Å². The summed E-state index contributed by atoms with van der Waals surface area (Å²) in [5.41, 5.74) is 4.98. The van der Waals surface area contributed by atoms with Crippen molar-refractivity contribution >= 4 is 5.84 Å². The standard InChI is InChI=1S/C7H16N2O/c1-5(6(8)9)10-7(2,3)4/h5H,1-4H3,(H3,8,9). The molecule has 10 heavy (non-hydrogen) atoms. The van der Waals surface area contributed by atoms with Gasteiger partial charge in [-0.25, -0.2) is 0 Å². The molecule has 0 rings (SSSR count). The fourth-order valence-corrected chi connectivity index (χ4v) is 0.594. The first-order chi connectivity index (χ1) is 4.33. The Labute approximate surface area is 62.1 Å². The van der Waals surface area contributed by atoms with Gasteiger partial charge >= 0.3 is 0 Å². The number of ether oxygens (including phenoxy) is 1. The van der Waals surface area contributed by atoms with Gasteiger partial charge in [-0.15, -0.1) is 0 Å². The van der Waals surface area contributed by atoms with Crippen LogP contribution in [-0.4, -0.2) is 17.5 Å². The number of rotatable bonds is 2. The molecule has 0 aliphatic heterocycles. The lowest BCUT2D eigenvalue weighted by atomic mass is 10.2. The summed E-state index contributed by atoms with van der Waals surface area (Å²) in [6.07, 6.45) is -0.278. The Morgan fingerprint density at radius 1 is 1.50 bits per heavy atom. The molecule has 3 heteroatoms. The molecule has 0 saturated heterocycles. The number of hydrogen-bond acceptors (Lipinski definition) is 2. The zero-order valence-corrected chi connectivity index (χ0v) is 7.06. The van der Waals surface area contributed by atoms with Crippen LogP contribution in [0.2, 0.25) is 0 Å². The molecule has 3 nitrogen and oxygen atoms in total. The van der Waals surface area contributed by atoms with E-state index < -0.39 is 0 Å². The maximum Gasteiger partial charge on any atom is 0.120 e. The monoisotopic (exact) mass is 144 g/mol. The van der Waals surface area contributed by atoms with Crippen molar-refractivity contribution in [3.63, 3.8) is 0 Å². The van der Waals surface area contributed by atoms with Gasteiger partial charge in [0.15, 0.2) is 0 Å². The molecule has 0 aliphatic rings. The third-order valence-electron chi connectivity index (χ3n) is 0.968. The Hall–Kier alpha value is -0.570. The Kier molecular flexibility index (Phi) is 2.84. The number of nitrogens with one attached hydrogen (secondary N) is 1. The summed E-state index contributed by atoms with van der Waals surface area (Å²) < 4.78 is 5.35. The molecule has 0 heterocycles. The maximum absolute atomic E-state index is 7.03. The van der Waals surface area contributed by atoms with Crippen LogP contribution in [0.4, 0.5) is 0 Å². The zero-order chi connectivity index (χ0) is 8.36. The highest BCUT2D eigenvalue weighted by atomic mass is 16.5. The van der Waals surface area contributed by atoms with E-state index in [4.69, 9.17) is 15.9 Å². The normalized spacial score (nSPS) is 14.8. The van der Waals surface area contributed by atoms with Crippen molar-refractivity contribution in [2.45, 2.75) is 39.4 Å². The fraction of sp³-hybridized carbons (Fsp3) is 0.857. The van der Waals surface area contributed by atoms with Crippen molar-refractivity contribution < 1.29 is 4.74 Å². The summed E-state index contributed by atoms with van der Waals surface area (Å²) in [5.74, 6) is 0.0786. The van der Waals surface area contributed by atoms with E-state index in [1.807, 2.05) is 20.8 Å². The van der Waals surface area contributed by atoms with Crippen LogP contribution in [0.25, 0.3) is 0 Å². The summed E-state index contributed by atoms with van der Waals surface area (Å²) in [4.78, 5) is 0. The molecular weight excluding hydrogens is 128 g/mol. The van der Waals surface area contributed by atoms with Gasteiger partial charge in [-0.05, 0) is 27.7 Å². The van der Waals surface area contributed by atoms with Gasteiger partial charge in [0.05, 0.1) is 5.60 Å². The highest BCUT2D eigenvalue weighted by Crippen LogP contribution is 2.09. The second kappa shape index (κ2) is 3.01. The van der Waals surface area contributed by atoms with Crippen LogP contribution in [0, 0.1) is 5.41 Å². The number of nitrogens with two attached hydrogens (primary N) is 1. The lowest BCUT2D eigenvalue weighted by Gasteiger charge is -2.23. The molecule has 0 aromatic heterocycles. The van der Waals surface area contributed by atoms with Crippen LogP contribution in [0.3, 0.4) is 0 Å². The minimum Gasteiger partial charge on any atom is -0.385 e. The molecule has 1 unspecified atom stereocenters. The first-order valence-electron chi connectivity index (χ1n) is 3.34. The second-order valence-corrected chi connectivity index (χ2v) is 3.33. The molecule has 0 amide bonds. The molecule has 0 spiro atoms. The van der Waals surface area contributed by atoms with E-state index in [0.717, 1.165) is 0 Å². The number of hydrogen-bond donors (Lipinski definition) is 2. The molecule has 60 valence electrons. The average Bonchev–Trinajstić information content (AvgIpc) is 1.60. The molecule has 0 fully saturated rings. The summed E-state index contributed by atoms with van der Waals surface area (Å²) in [5, 5.41) is 7.03. The lowest BCUT2D eigenvalue weighted by Crippen LogP contribution is -2.34. The van der Waals surface area contributed by atoms with Crippen molar-refractivity contribution in [1.29, 1.82) is 5.41 Å². The van der Waals surface area contributed by atoms with E-state index >= 15 is 0 Å². The predicted octanol–water partition coefficient (Wildman–Crippen LogP) is 1.13. The third kappa shape index (κ3) is 4.32. The van der Waals surface area contributed by atoms with Crippen molar-refractivity contribution in [2.75, 3.05) is 0 Å². The predicted molar refractivity (Wildman–Crippen MR) is 42.2 cm³/mol. The van der Waals surface area contributed by atoms with E-state index in [2.05, 4.69) is 0 Å². The molecule has 0 aromatic carbocycles. The lowest BCUT2D eigenvalue weighted by molar-refractivity contribution is -0.0222. The molecule has 0 aliphatic carbocycles. The summed E-state index contributed by atoms with van der Waals surface area (Å²) in [6.45, 7) is 7.58. The first-order valence-corrected chi connectivity index (χ1v) is 3.34. The number of amidine groups is 1. The summed E-state index contributed by atoms with van der Waals surface area (Å²) >= 11 is 0. The minimum atomic E-state index is -0.278. The second-order valence-electron chi connectivity index (χ2n) is 3.33. The smallest absolute Gasteiger partial charge is 0.120 e. The average molecular weight is 144 g/mol. The Bertz CT molecular complexity index is 126. The molecule has 0 saturated carbocycles. The van der Waals surface area contributed by atoms with Crippen LogP contribution < -0.4 is 5.73 Å². The highest BCUT2D eigenvalue weighted by molar-refractivity contribution is 5.81.